The summed E-state index contributed by atoms with van der Waals surface area (Å²) in [5, 5.41) is 0. The highest BCUT2D eigenvalue weighted by Gasteiger charge is 2.29. The molecule has 2 amide bonds. The lowest BCUT2D eigenvalue weighted by Crippen LogP contribution is -2.45. The zero-order chi connectivity index (χ0) is 22.3. The number of carbonyl (C=O) groups excluding carboxylic acids is 2. The maximum Gasteiger partial charge on any atom is 0.243 e. The number of amides is 2. The van der Waals surface area contributed by atoms with Crippen LogP contribution in [0.5, 0.6) is 0 Å². The van der Waals surface area contributed by atoms with Crippen LogP contribution in [0.3, 0.4) is 0 Å². The maximum absolute atomic E-state index is 13.2. The van der Waals surface area contributed by atoms with E-state index in [0.29, 0.717) is 18.8 Å². The largest absolute Gasteiger partial charge is 0.468 e. The summed E-state index contributed by atoms with van der Waals surface area (Å²) in [7, 11) is -2.45. The molecule has 8 nitrogen and oxygen atoms in total. The summed E-state index contributed by atoms with van der Waals surface area (Å²) in [6.45, 7) is 6.08. The van der Waals surface area contributed by atoms with Crippen LogP contribution in [-0.2, 0) is 26.2 Å². The molecule has 0 bridgehead atoms. The molecule has 0 saturated carbocycles. The zero-order valence-corrected chi connectivity index (χ0v) is 18.7. The summed E-state index contributed by atoms with van der Waals surface area (Å²) in [6.07, 6.45) is 1.45. The van der Waals surface area contributed by atoms with E-state index in [1.807, 2.05) is 20.8 Å². The lowest BCUT2D eigenvalue weighted by atomic mass is 10.2. The molecule has 1 heterocycles. The first-order valence-corrected chi connectivity index (χ1v) is 11.2. The van der Waals surface area contributed by atoms with Gasteiger partial charge in [-0.2, -0.15) is 4.31 Å². The normalized spacial score (nSPS) is 11.5. The first-order valence-electron chi connectivity index (χ1n) is 9.80. The third kappa shape index (κ3) is 5.93. The quantitative estimate of drug-likeness (QED) is 0.570. The van der Waals surface area contributed by atoms with Crippen molar-refractivity contribution in [2.24, 2.45) is 0 Å². The molecule has 1 aromatic heterocycles. The molecule has 2 rings (SSSR count). The molecule has 0 atom stereocenters. The van der Waals surface area contributed by atoms with Crippen LogP contribution in [0.4, 0.5) is 0 Å². The van der Waals surface area contributed by atoms with Crippen LogP contribution in [0.2, 0.25) is 0 Å². The van der Waals surface area contributed by atoms with Crippen LogP contribution >= 0.6 is 0 Å². The Morgan fingerprint density at radius 1 is 0.967 bits per heavy atom. The molecule has 0 aliphatic carbocycles. The predicted molar refractivity (Wildman–Crippen MR) is 113 cm³/mol. The van der Waals surface area contributed by atoms with Gasteiger partial charge in [-0.15, -0.1) is 0 Å². The van der Waals surface area contributed by atoms with Crippen molar-refractivity contribution in [3.8, 4) is 0 Å². The Labute approximate surface area is 178 Å². The molecule has 2 aromatic rings. The van der Waals surface area contributed by atoms with Crippen molar-refractivity contribution in [2.75, 3.05) is 33.2 Å². The number of carbonyl (C=O) groups is 2. The summed E-state index contributed by atoms with van der Waals surface area (Å²) in [4.78, 5) is 28.0. The van der Waals surface area contributed by atoms with Crippen molar-refractivity contribution in [1.82, 2.24) is 14.1 Å². The van der Waals surface area contributed by atoms with Crippen molar-refractivity contribution < 1.29 is 22.4 Å². The van der Waals surface area contributed by atoms with E-state index in [4.69, 9.17) is 4.42 Å². The van der Waals surface area contributed by atoms with E-state index >= 15 is 0 Å². The third-order valence-electron chi connectivity index (χ3n) is 4.80. The highest BCUT2D eigenvalue weighted by molar-refractivity contribution is 7.89. The highest BCUT2D eigenvalue weighted by atomic mass is 32.2. The first-order chi connectivity index (χ1) is 14.2. The van der Waals surface area contributed by atoms with Crippen molar-refractivity contribution in [3.05, 3.63) is 54.0 Å². The number of nitrogens with zero attached hydrogens (tertiary/aromatic N) is 3. The number of benzene rings is 1. The predicted octanol–water partition coefficient (Wildman–Crippen LogP) is 2.11. The van der Waals surface area contributed by atoms with Crippen LogP contribution < -0.4 is 0 Å². The van der Waals surface area contributed by atoms with Gasteiger partial charge in [0.2, 0.25) is 21.8 Å². The monoisotopic (exact) mass is 435 g/mol. The molecular formula is C21H29N3O5S. The maximum atomic E-state index is 13.2. The molecule has 0 aliphatic heterocycles. The summed E-state index contributed by atoms with van der Waals surface area (Å²) in [5.41, 5.74) is 0.928. The molecule has 164 valence electrons. The third-order valence-corrected chi connectivity index (χ3v) is 6.60. The molecule has 0 unspecified atom stereocenters. The van der Waals surface area contributed by atoms with E-state index in [0.717, 1.165) is 9.87 Å². The lowest BCUT2D eigenvalue weighted by Gasteiger charge is -2.26. The molecule has 0 spiro atoms. The number of hydrogen-bond donors (Lipinski definition) is 0. The molecule has 0 N–H and O–H groups in total. The van der Waals surface area contributed by atoms with Gasteiger partial charge in [-0.1, -0.05) is 17.7 Å². The van der Waals surface area contributed by atoms with E-state index in [-0.39, 0.29) is 23.9 Å². The average molecular weight is 436 g/mol. The van der Waals surface area contributed by atoms with E-state index in [1.165, 1.54) is 30.3 Å². The standard InChI is InChI=1S/C21H29N3O5S/c1-5-23(6-2)21(26)15-22(4)20(25)16-24(14-18-8-7-13-29-18)30(27,28)19-11-9-17(3)10-12-19/h7-13H,5-6,14-16H2,1-4H3. The fourth-order valence-electron chi connectivity index (χ4n) is 2.90. The number of furan rings is 1. The fourth-order valence-corrected chi connectivity index (χ4v) is 4.26. The summed E-state index contributed by atoms with van der Waals surface area (Å²) in [5.74, 6) is -0.243. The van der Waals surface area contributed by atoms with Gasteiger partial charge in [0.1, 0.15) is 5.76 Å². The van der Waals surface area contributed by atoms with Gasteiger partial charge < -0.3 is 14.2 Å². The molecule has 30 heavy (non-hydrogen) atoms. The van der Waals surface area contributed by atoms with Crippen LogP contribution in [0.1, 0.15) is 25.2 Å². The number of hydrogen-bond acceptors (Lipinski definition) is 5. The van der Waals surface area contributed by atoms with E-state index < -0.39 is 22.5 Å². The minimum Gasteiger partial charge on any atom is -0.468 e. The second-order valence-electron chi connectivity index (χ2n) is 6.98. The number of aryl methyl sites for hydroxylation is 1. The van der Waals surface area contributed by atoms with Gasteiger partial charge in [0, 0.05) is 20.1 Å². The van der Waals surface area contributed by atoms with Crippen molar-refractivity contribution in [3.63, 3.8) is 0 Å². The number of rotatable bonds is 10. The van der Waals surface area contributed by atoms with Crippen LogP contribution in [0, 0.1) is 6.92 Å². The molecular weight excluding hydrogens is 406 g/mol. The van der Waals surface area contributed by atoms with E-state index in [2.05, 4.69) is 0 Å². The van der Waals surface area contributed by atoms with Crippen molar-refractivity contribution in [1.29, 1.82) is 0 Å². The molecule has 0 saturated heterocycles. The smallest absolute Gasteiger partial charge is 0.243 e. The minimum atomic E-state index is -3.95. The fraction of sp³-hybridized carbons (Fsp3) is 0.429. The lowest BCUT2D eigenvalue weighted by molar-refractivity contribution is -0.139. The Kier molecular flexibility index (Phi) is 8.19. The Hall–Kier alpha value is -2.65. The first kappa shape index (κ1) is 23.6. The Bertz CT molecular complexity index is 936. The van der Waals surface area contributed by atoms with Gasteiger partial charge in [0.25, 0.3) is 0 Å². The Morgan fingerprint density at radius 2 is 1.60 bits per heavy atom. The van der Waals surface area contributed by atoms with Crippen LogP contribution in [0.15, 0.2) is 52.0 Å². The van der Waals surface area contributed by atoms with Crippen LogP contribution in [-0.4, -0.2) is 67.6 Å². The summed E-state index contributed by atoms with van der Waals surface area (Å²) >= 11 is 0. The molecule has 9 heteroatoms. The van der Waals surface area contributed by atoms with Crippen molar-refractivity contribution in [2.45, 2.75) is 32.2 Å². The summed E-state index contributed by atoms with van der Waals surface area (Å²) < 4.78 is 32.7. The van der Waals surface area contributed by atoms with Gasteiger partial charge in [-0.3, -0.25) is 9.59 Å². The zero-order valence-electron chi connectivity index (χ0n) is 17.9. The molecule has 0 fully saturated rings. The molecule has 0 aliphatic rings. The van der Waals surface area contributed by atoms with Gasteiger partial charge in [-0.05, 0) is 45.0 Å². The number of sulfonamides is 1. The topological polar surface area (TPSA) is 91.1 Å². The van der Waals surface area contributed by atoms with E-state index in [1.54, 1.807) is 29.2 Å². The molecule has 1 aromatic carbocycles. The average Bonchev–Trinajstić information content (AvgIpc) is 3.21. The second kappa shape index (κ2) is 10.4. The van der Waals surface area contributed by atoms with Crippen LogP contribution in [0.25, 0.3) is 0 Å². The van der Waals surface area contributed by atoms with Gasteiger partial charge in [0.15, 0.2) is 0 Å². The van der Waals surface area contributed by atoms with E-state index in [9.17, 15) is 18.0 Å². The van der Waals surface area contributed by atoms with Gasteiger partial charge in [0.05, 0.1) is 30.8 Å². The second-order valence-corrected chi connectivity index (χ2v) is 8.92. The Balaban J connectivity index is 2.21. The number of likely N-dealkylation sites (N-methyl/N-ethyl adjacent to an activating group) is 2. The SMILES string of the molecule is CCN(CC)C(=O)CN(C)C(=O)CN(Cc1ccco1)S(=O)(=O)c1ccc(C)cc1. The summed E-state index contributed by atoms with van der Waals surface area (Å²) in [6, 6.07) is 9.73. The highest BCUT2D eigenvalue weighted by Crippen LogP contribution is 2.19. The van der Waals surface area contributed by atoms with Gasteiger partial charge in [-0.25, -0.2) is 8.42 Å². The minimum absolute atomic E-state index is 0.0905. The van der Waals surface area contributed by atoms with Gasteiger partial charge >= 0.3 is 0 Å². The Morgan fingerprint density at radius 3 is 2.13 bits per heavy atom. The molecule has 0 radical (unpaired) electrons. The van der Waals surface area contributed by atoms with Crippen molar-refractivity contribution >= 4 is 21.8 Å².